The molecule has 1 atom stereocenters. The van der Waals surface area contributed by atoms with Gasteiger partial charge in [-0.25, -0.2) is 0 Å². The molecule has 0 heterocycles. The van der Waals surface area contributed by atoms with E-state index in [0.29, 0.717) is 5.92 Å². The van der Waals surface area contributed by atoms with Gasteiger partial charge in [0.05, 0.1) is 6.07 Å². The minimum Gasteiger partial charge on any atom is -0.295 e. The Morgan fingerprint density at radius 1 is 1.53 bits per heavy atom. The zero-order chi connectivity index (χ0) is 12.5. The van der Waals surface area contributed by atoms with E-state index in [1.807, 2.05) is 18.2 Å². The number of aryl methyl sites for hydroxylation is 1. The van der Waals surface area contributed by atoms with Gasteiger partial charge in [0.15, 0.2) is 0 Å². The molecule has 1 aliphatic carbocycles. The van der Waals surface area contributed by atoms with E-state index < -0.39 is 5.54 Å². The van der Waals surface area contributed by atoms with E-state index in [1.54, 1.807) is 0 Å². The van der Waals surface area contributed by atoms with Crippen LogP contribution in [-0.2, 0) is 12.0 Å². The molecule has 0 saturated heterocycles. The van der Waals surface area contributed by atoms with Crippen molar-refractivity contribution in [3.63, 3.8) is 0 Å². The number of hydrogen-bond donors (Lipinski definition) is 1. The van der Waals surface area contributed by atoms with Gasteiger partial charge in [-0.05, 0) is 48.6 Å². The molecule has 3 heteroatoms. The van der Waals surface area contributed by atoms with Gasteiger partial charge >= 0.3 is 0 Å². The standard InChI is InChI=1S/C14H17ClN2/c1-10(2)8-17-14(9-16)6-5-11-7-12(15)3-4-13(11)14/h3-4,7,10,17H,5-6,8H2,1-2H3. The van der Waals surface area contributed by atoms with Gasteiger partial charge in [-0.3, -0.25) is 5.32 Å². The number of benzene rings is 1. The van der Waals surface area contributed by atoms with Crippen LogP contribution >= 0.6 is 11.6 Å². The molecule has 0 aliphatic heterocycles. The van der Waals surface area contributed by atoms with Crippen molar-refractivity contribution in [3.05, 3.63) is 34.3 Å². The summed E-state index contributed by atoms with van der Waals surface area (Å²) in [6.07, 6.45) is 1.76. The van der Waals surface area contributed by atoms with Gasteiger partial charge in [0.2, 0.25) is 0 Å². The van der Waals surface area contributed by atoms with Gasteiger partial charge in [-0.2, -0.15) is 5.26 Å². The summed E-state index contributed by atoms with van der Waals surface area (Å²) in [5.74, 6) is 0.538. The van der Waals surface area contributed by atoms with Crippen molar-refractivity contribution in [2.75, 3.05) is 6.54 Å². The monoisotopic (exact) mass is 248 g/mol. The van der Waals surface area contributed by atoms with Crippen molar-refractivity contribution in [3.8, 4) is 6.07 Å². The second kappa shape index (κ2) is 4.68. The van der Waals surface area contributed by atoms with Crippen LogP contribution in [-0.4, -0.2) is 6.54 Å². The van der Waals surface area contributed by atoms with Gasteiger partial charge < -0.3 is 0 Å². The lowest BCUT2D eigenvalue weighted by atomic mass is 9.93. The summed E-state index contributed by atoms with van der Waals surface area (Å²) in [4.78, 5) is 0. The highest BCUT2D eigenvalue weighted by Gasteiger charge is 2.38. The SMILES string of the molecule is CC(C)CNC1(C#N)CCc2cc(Cl)ccc21. The van der Waals surface area contributed by atoms with Crippen molar-refractivity contribution in [1.29, 1.82) is 5.26 Å². The molecule has 1 N–H and O–H groups in total. The number of nitrogens with zero attached hydrogens (tertiary/aromatic N) is 1. The smallest absolute Gasteiger partial charge is 0.132 e. The third kappa shape index (κ3) is 2.31. The molecule has 1 aromatic rings. The molecule has 0 bridgehead atoms. The maximum absolute atomic E-state index is 9.50. The average Bonchev–Trinajstić information content (AvgIpc) is 2.65. The topological polar surface area (TPSA) is 35.8 Å². The Balaban J connectivity index is 2.31. The molecule has 1 unspecified atom stereocenters. The summed E-state index contributed by atoms with van der Waals surface area (Å²) in [7, 11) is 0. The van der Waals surface area contributed by atoms with Crippen LogP contribution in [0.15, 0.2) is 18.2 Å². The molecular weight excluding hydrogens is 232 g/mol. The Morgan fingerprint density at radius 3 is 2.94 bits per heavy atom. The van der Waals surface area contributed by atoms with Crippen LogP contribution in [0.25, 0.3) is 0 Å². The number of rotatable bonds is 3. The highest BCUT2D eigenvalue weighted by Crippen LogP contribution is 2.37. The van der Waals surface area contributed by atoms with Crippen LogP contribution in [0.2, 0.25) is 5.02 Å². The van der Waals surface area contributed by atoms with Crippen molar-refractivity contribution in [2.24, 2.45) is 5.92 Å². The maximum atomic E-state index is 9.50. The van der Waals surface area contributed by atoms with E-state index in [1.165, 1.54) is 5.56 Å². The minimum atomic E-state index is -0.510. The van der Waals surface area contributed by atoms with Crippen molar-refractivity contribution < 1.29 is 0 Å². The first-order chi connectivity index (χ1) is 8.07. The molecule has 2 nitrogen and oxygen atoms in total. The summed E-state index contributed by atoms with van der Waals surface area (Å²) in [5, 5.41) is 13.7. The van der Waals surface area contributed by atoms with Crippen molar-refractivity contribution >= 4 is 11.6 Å². The number of hydrogen-bond acceptors (Lipinski definition) is 2. The second-order valence-electron chi connectivity index (χ2n) is 5.09. The molecule has 0 fully saturated rings. The summed E-state index contributed by atoms with van der Waals surface area (Å²) in [6, 6.07) is 8.29. The van der Waals surface area contributed by atoms with Gasteiger partial charge in [-0.15, -0.1) is 0 Å². The van der Waals surface area contributed by atoms with Crippen LogP contribution in [0, 0.1) is 17.2 Å². The van der Waals surface area contributed by atoms with Crippen molar-refractivity contribution in [2.45, 2.75) is 32.2 Å². The molecule has 1 aliphatic rings. The zero-order valence-electron chi connectivity index (χ0n) is 10.3. The van der Waals surface area contributed by atoms with Gasteiger partial charge in [0.25, 0.3) is 0 Å². The lowest BCUT2D eigenvalue weighted by Gasteiger charge is -2.25. The molecule has 0 saturated carbocycles. The molecule has 2 rings (SSSR count). The third-order valence-electron chi connectivity index (χ3n) is 3.30. The van der Waals surface area contributed by atoms with Crippen LogP contribution < -0.4 is 5.32 Å². The van der Waals surface area contributed by atoms with Gasteiger partial charge in [0.1, 0.15) is 5.54 Å². The van der Waals surface area contributed by atoms with Crippen LogP contribution in [0.5, 0.6) is 0 Å². The fourth-order valence-electron chi connectivity index (χ4n) is 2.36. The number of nitriles is 1. The highest BCUT2D eigenvalue weighted by atomic mass is 35.5. The Hall–Kier alpha value is -1.04. The summed E-state index contributed by atoms with van der Waals surface area (Å²) < 4.78 is 0. The fraction of sp³-hybridized carbons (Fsp3) is 0.500. The molecule has 0 spiro atoms. The van der Waals surface area contributed by atoms with E-state index in [2.05, 4.69) is 25.2 Å². The predicted molar refractivity (Wildman–Crippen MR) is 69.9 cm³/mol. The van der Waals surface area contributed by atoms with E-state index in [4.69, 9.17) is 11.6 Å². The van der Waals surface area contributed by atoms with E-state index in [9.17, 15) is 5.26 Å². The number of nitrogens with one attached hydrogen (secondary N) is 1. The van der Waals surface area contributed by atoms with Gasteiger partial charge in [-0.1, -0.05) is 31.5 Å². The molecule has 17 heavy (non-hydrogen) atoms. The average molecular weight is 249 g/mol. The van der Waals surface area contributed by atoms with E-state index >= 15 is 0 Å². The lowest BCUT2D eigenvalue weighted by Crippen LogP contribution is -2.41. The fourth-order valence-corrected chi connectivity index (χ4v) is 2.55. The Kier molecular flexibility index (Phi) is 3.42. The summed E-state index contributed by atoms with van der Waals surface area (Å²) in [5.41, 5.74) is 1.80. The predicted octanol–water partition coefficient (Wildman–Crippen LogP) is 3.25. The molecular formula is C14H17ClN2. The first kappa shape index (κ1) is 12.4. The van der Waals surface area contributed by atoms with E-state index in [-0.39, 0.29) is 0 Å². The van der Waals surface area contributed by atoms with Crippen LogP contribution in [0.4, 0.5) is 0 Å². The Bertz CT molecular complexity index is 462. The largest absolute Gasteiger partial charge is 0.295 e. The molecule has 0 radical (unpaired) electrons. The quantitative estimate of drug-likeness (QED) is 0.891. The third-order valence-corrected chi connectivity index (χ3v) is 3.53. The number of fused-ring (bicyclic) bond motifs is 1. The van der Waals surface area contributed by atoms with E-state index in [0.717, 1.165) is 30.0 Å². The zero-order valence-corrected chi connectivity index (χ0v) is 11.0. The Labute approximate surface area is 108 Å². The van der Waals surface area contributed by atoms with Gasteiger partial charge in [0, 0.05) is 5.02 Å². The van der Waals surface area contributed by atoms with Crippen LogP contribution in [0.1, 0.15) is 31.4 Å². The normalized spacial score (nSPS) is 22.5. The van der Waals surface area contributed by atoms with Crippen LogP contribution in [0.3, 0.4) is 0 Å². The lowest BCUT2D eigenvalue weighted by molar-refractivity contribution is 0.393. The molecule has 90 valence electrons. The Morgan fingerprint density at radius 2 is 2.29 bits per heavy atom. The summed E-state index contributed by atoms with van der Waals surface area (Å²) in [6.45, 7) is 5.15. The summed E-state index contributed by atoms with van der Waals surface area (Å²) >= 11 is 5.98. The molecule has 1 aromatic carbocycles. The highest BCUT2D eigenvalue weighted by molar-refractivity contribution is 6.30. The second-order valence-corrected chi connectivity index (χ2v) is 5.53. The first-order valence-corrected chi connectivity index (χ1v) is 6.40. The minimum absolute atomic E-state index is 0.510. The number of halogens is 1. The molecule has 0 aromatic heterocycles. The maximum Gasteiger partial charge on any atom is 0.132 e. The van der Waals surface area contributed by atoms with Crippen molar-refractivity contribution in [1.82, 2.24) is 5.32 Å². The molecule has 0 amide bonds. The first-order valence-electron chi connectivity index (χ1n) is 6.02.